The van der Waals surface area contributed by atoms with Crippen LogP contribution in [0.5, 0.6) is 0 Å². The second kappa shape index (κ2) is 6.53. The van der Waals surface area contributed by atoms with Crippen LogP contribution < -0.4 is 5.32 Å². The van der Waals surface area contributed by atoms with E-state index in [9.17, 15) is 0 Å². The van der Waals surface area contributed by atoms with E-state index in [0.29, 0.717) is 0 Å². The Morgan fingerprint density at radius 3 is 2.63 bits per heavy atom. The maximum absolute atomic E-state index is 4.68. The van der Waals surface area contributed by atoms with E-state index in [1.165, 1.54) is 36.4 Å². The first kappa shape index (κ1) is 15.2. The van der Waals surface area contributed by atoms with Crippen LogP contribution in [-0.2, 0) is 13.0 Å². The van der Waals surface area contributed by atoms with Gasteiger partial charge in [0.1, 0.15) is 0 Å². The summed E-state index contributed by atoms with van der Waals surface area (Å²) < 4.78 is 0. The molecule has 2 unspecified atom stereocenters. The van der Waals surface area contributed by atoms with Crippen molar-refractivity contribution in [1.82, 2.24) is 15.2 Å². The molecular weight excluding hydrogens is 278 g/mol. The monoisotopic (exact) mass is 301 g/mol. The highest BCUT2D eigenvalue weighted by Crippen LogP contribution is 2.29. The summed E-state index contributed by atoms with van der Waals surface area (Å²) in [7, 11) is 2.26. The summed E-state index contributed by atoms with van der Waals surface area (Å²) >= 11 is 1.80. The zero-order valence-corrected chi connectivity index (χ0v) is 13.4. The van der Waals surface area contributed by atoms with Crippen LogP contribution in [0.15, 0.2) is 5.38 Å². The third-order valence-corrected chi connectivity index (χ3v) is 5.43. The van der Waals surface area contributed by atoms with Crippen LogP contribution in [0.1, 0.15) is 43.3 Å². The van der Waals surface area contributed by atoms with Gasteiger partial charge < -0.3 is 5.32 Å². The minimum atomic E-state index is 0. The summed E-state index contributed by atoms with van der Waals surface area (Å²) in [5.41, 5.74) is 1.25. The Hall–Kier alpha value is -0.160. The number of halogens is 1. The Balaban J connectivity index is 0.00000133. The summed E-state index contributed by atoms with van der Waals surface area (Å²) in [6.07, 6.45) is 6.46. The summed E-state index contributed by atoms with van der Waals surface area (Å²) in [6, 6.07) is 2.30. The van der Waals surface area contributed by atoms with Crippen LogP contribution >= 0.6 is 23.7 Å². The molecule has 19 heavy (non-hydrogen) atoms. The van der Waals surface area contributed by atoms with E-state index in [0.717, 1.165) is 31.1 Å². The van der Waals surface area contributed by atoms with Gasteiger partial charge in [-0.3, -0.25) is 4.90 Å². The molecule has 0 aromatic carbocycles. The van der Waals surface area contributed by atoms with Gasteiger partial charge in [-0.1, -0.05) is 6.92 Å². The zero-order chi connectivity index (χ0) is 12.5. The Morgan fingerprint density at radius 2 is 2.05 bits per heavy atom. The van der Waals surface area contributed by atoms with Crippen molar-refractivity contribution in [2.75, 3.05) is 7.05 Å². The van der Waals surface area contributed by atoms with E-state index in [2.05, 4.69) is 34.6 Å². The van der Waals surface area contributed by atoms with Gasteiger partial charge in [0.25, 0.3) is 0 Å². The normalized spacial score (nSPS) is 29.5. The van der Waals surface area contributed by atoms with Crippen LogP contribution in [0.25, 0.3) is 0 Å². The Morgan fingerprint density at radius 1 is 1.37 bits per heavy atom. The van der Waals surface area contributed by atoms with E-state index in [4.69, 9.17) is 0 Å². The molecule has 2 fully saturated rings. The van der Waals surface area contributed by atoms with Crippen molar-refractivity contribution >= 4 is 23.7 Å². The third kappa shape index (κ3) is 3.48. The molecular formula is C14H24ClN3S. The van der Waals surface area contributed by atoms with E-state index >= 15 is 0 Å². The first-order valence-corrected chi connectivity index (χ1v) is 8.02. The lowest BCUT2D eigenvalue weighted by Gasteiger charge is -2.35. The number of rotatable bonds is 4. The number of hydrogen-bond donors (Lipinski definition) is 1. The van der Waals surface area contributed by atoms with Gasteiger partial charge in [-0.25, -0.2) is 4.98 Å². The van der Waals surface area contributed by atoms with Crippen LogP contribution in [0.3, 0.4) is 0 Å². The summed E-state index contributed by atoms with van der Waals surface area (Å²) in [5, 5.41) is 7.21. The lowest BCUT2D eigenvalue weighted by molar-refractivity contribution is 0.164. The molecule has 2 atom stereocenters. The number of piperidine rings is 1. The Labute approximate surface area is 126 Å². The minimum Gasteiger partial charge on any atom is -0.311 e. The van der Waals surface area contributed by atoms with Gasteiger partial charge in [-0.05, 0) is 39.2 Å². The van der Waals surface area contributed by atoms with E-state index in [1.807, 2.05) is 0 Å². The second-order valence-corrected chi connectivity index (χ2v) is 6.71. The maximum atomic E-state index is 4.68. The molecule has 2 saturated heterocycles. The Bertz CT molecular complexity index is 397. The fraction of sp³-hybridized carbons (Fsp3) is 0.786. The van der Waals surface area contributed by atoms with Gasteiger partial charge in [0.15, 0.2) is 0 Å². The van der Waals surface area contributed by atoms with Crippen molar-refractivity contribution in [2.45, 2.75) is 63.7 Å². The smallest absolute Gasteiger partial charge is 0.0926 e. The second-order valence-electron chi connectivity index (χ2n) is 5.76. The number of nitrogens with zero attached hydrogens (tertiary/aromatic N) is 2. The molecule has 0 radical (unpaired) electrons. The van der Waals surface area contributed by atoms with Crippen LogP contribution in [-0.4, -0.2) is 35.1 Å². The van der Waals surface area contributed by atoms with Crippen LogP contribution in [0, 0.1) is 0 Å². The molecule has 108 valence electrons. The number of fused-ring (bicyclic) bond motifs is 2. The molecule has 3 heterocycles. The molecule has 1 N–H and O–H groups in total. The molecule has 3 rings (SSSR count). The number of aryl methyl sites for hydroxylation is 1. The molecule has 1 aromatic heterocycles. The predicted octanol–water partition coefficient (Wildman–Crippen LogP) is 2.84. The highest BCUT2D eigenvalue weighted by atomic mass is 35.5. The van der Waals surface area contributed by atoms with Crippen molar-refractivity contribution in [2.24, 2.45) is 0 Å². The molecule has 5 heteroatoms. The average Bonchev–Trinajstić information content (AvgIpc) is 2.96. The van der Waals surface area contributed by atoms with Crippen molar-refractivity contribution in [1.29, 1.82) is 0 Å². The summed E-state index contributed by atoms with van der Waals surface area (Å²) in [5.74, 6) is 0. The fourth-order valence-electron chi connectivity index (χ4n) is 3.36. The molecule has 1 aromatic rings. The minimum absolute atomic E-state index is 0. The fourth-order valence-corrected chi connectivity index (χ4v) is 4.09. The molecule has 2 bridgehead atoms. The zero-order valence-electron chi connectivity index (χ0n) is 11.8. The van der Waals surface area contributed by atoms with E-state index in [1.54, 1.807) is 11.3 Å². The molecule has 0 saturated carbocycles. The van der Waals surface area contributed by atoms with Crippen molar-refractivity contribution in [3.63, 3.8) is 0 Å². The van der Waals surface area contributed by atoms with Gasteiger partial charge in [-0.2, -0.15) is 0 Å². The SMILES string of the molecule is CCc1nc(CN(C)C2CC3CCC(C2)N3)cs1.Cl. The lowest BCUT2D eigenvalue weighted by Crippen LogP contribution is -2.46. The standard InChI is InChI=1S/C14H23N3S.ClH/c1-3-14-16-12(9-18-14)8-17(2)13-6-10-4-5-11(7-13)15-10;/h9-11,13,15H,3-8H2,1-2H3;1H. The number of thiazole rings is 1. The van der Waals surface area contributed by atoms with Crippen molar-refractivity contribution in [3.05, 3.63) is 16.1 Å². The first-order valence-electron chi connectivity index (χ1n) is 7.14. The lowest BCUT2D eigenvalue weighted by atomic mass is 9.98. The third-order valence-electron chi connectivity index (χ3n) is 4.38. The van der Waals surface area contributed by atoms with E-state index in [-0.39, 0.29) is 12.4 Å². The maximum Gasteiger partial charge on any atom is 0.0926 e. The molecule has 3 nitrogen and oxygen atoms in total. The number of hydrogen-bond acceptors (Lipinski definition) is 4. The summed E-state index contributed by atoms with van der Waals surface area (Å²) in [6.45, 7) is 3.19. The molecule has 0 spiro atoms. The number of aromatic nitrogens is 1. The van der Waals surface area contributed by atoms with Gasteiger partial charge in [0.2, 0.25) is 0 Å². The molecule has 0 aliphatic carbocycles. The van der Waals surface area contributed by atoms with Crippen LogP contribution in [0.2, 0.25) is 0 Å². The van der Waals surface area contributed by atoms with Gasteiger partial charge in [0.05, 0.1) is 10.7 Å². The molecule has 2 aliphatic rings. The van der Waals surface area contributed by atoms with Crippen molar-refractivity contribution < 1.29 is 0 Å². The van der Waals surface area contributed by atoms with Crippen molar-refractivity contribution in [3.8, 4) is 0 Å². The van der Waals surface area contributed by atoms with Gasteiger partial charge in [-0.15, -0.1) is 23.7 Å². The predicted molar refractivity (Wildman–Crippen MR) is 83.2 cm³/mol. The van der Waals surface area contributed by atoms with Crippen LogP contribution in [0.4, 0.5) is 0 Å². The quantitative estimate of drug-likeness (QED) is 0.927. The van der Waals surface area contributed by atoms with Gasteiger partial charge in [0, 0.05) is 30.1 Å². The molecule has 2 aliphatic heterocycles. The van der Waals surface area contributed by atoms with E-state index < -0.39 is 0 Å². The summed E-state index contributed by atoms with van der Waals surface area (Å²) in [4.78, 5) is 7.19. The van der Waals surface area contributed by atoms with Gasteiger partial charge >= 0.3 is 0 Å². The molecule has 0 amide bonds. The largest absolute Gasteiger partial charge is 0.311 e. The first-order chi connectivity index (χ1) is 8.74. The Kier molecular flexibility index (Phi) is 5.23. The highest BCUT2D eigenvalue weighted by Gasteiger charge is 2.35. The highest BCUT2D eigenvalue weighted by molar-refractivity contribution is 7.09. The average molecular weight is 302 g/mol. The number of nitrogens with one attached hydrogen (secondary N) is 1. The topological polar surface area (TPSA) is 28.2 Å².